The molecule has 1 heterocycles. The zero-order chi connectivity index (χ0) is 11.5. The van der Waals surface area contributed by atoms with E-state index in [-0.39, 0.29) is 5.91 Å². The van der Waals surface area contributed by atoms with Crippen molar-refractivity contribution in [3.63, 3.8) is 0 Å². The summed E-state index contributed by atoms with van der Waals surface area (Å²) in [5.41, 5.74) is 6.46. The molecule has 3 N–H and O–H groups in total. The molecule has 1 aromatic rings. The average Bonchev–Trinajstić information content (AvgIpc) is 2.17. The molecule has 0 radical (unpaired) electrons. The molecule has 82 valence electrons. The maximum absolute atomic E-state index is 11.8. The lowest BCUT2D eigenvalue weighted by atomic mass is 10.1. The molecule has 4 nitrogen and oxygen atoms in total. The summed E-state index contributed by atoms with van der Waals surface area (Å²) >= 11 is 0. The number of aryl methyl sites for hydroxylation is 1. The Balaban J connectivity index is 2.83. The molecule has 0 saturated heterocycles. The highest BCUT2D eigenvalue weighted by Crippen LogP contribution is 2.06. The lowest BCUT2D eigenvalue weighted by Crippen LogP contribution is -2.49. The van der Waals surface area contributed by atoms with E-state index in [0.29, 0.717) is 12.2 Å². The molecule has 0 aliphatic rings. The zero-order valence-electron chi connectivity index (χ0n) is 9.37. The summed E-state index contributed by atoms with van der Waals surface area (Å²) in [4.78, 5) is 15.9. The maximum Gasteiger partial charge on any atom is 0.270 e. The molecule has 0 aliphatic carbocycles. The fourth-order valence-corrected chi connectivity index (χ4v) is 1.14. The van der Waals surface area contributed by atoms with Crippen molar-refractivity contribution in [2.75, 3.05) is 6.54 Å². The maximum atomic E-state index is 11.8. The van der Waals surface area contributed by atoms with Crippen LogP contribution in [-0.4, -0.2) is 23.0 Å². The number of hydrogen-bond acceptors (Lipinski definition) is 3. The second kappa shape index (κ2) is 4.40. The number of hydrogen-bond donors (Lipinski definition) is 2. The Hall–Kier alpha value is -1.42. The van der Waals surface area contributed by atoms with Crippen LogP contribution in [0.5, 0.6) is 0 Å². The van der Waals surface area contributed by atoms with Crippen molar-refractivity contribution < 1.29 is 4.79 Å². The topological polar surface area (TPSA) is 68.0 Å². The summed E-state index contributed by atoms with van der Waals surface area (Å²) < 4.78 is 0. The quantitative estimate of drug-likeness (QED) is 0.772. The van der Waals surface area contributed by atoms with Crippen LogP contribution in [0, 0.1) is 6.92 Å². The molecule has 0 atom stereocenters. The van der Waals surface area contributed by atoms with Crippen molar-refractivity contribution >= 4 is 5.91 Å². The van der Waals surface area contributed by atoms with E-state index in [0.717, 1.165) is 5.56 Å². The van der Waals surface area contributed by atoms with Crippen molar-refractivity contribution in [2.24, 2.45) is 5.73 Å². The third kappa shape index (κ3) is 3.02. The monoisotopic (exact) mass is 207 g/mol. The van der Waals surface area contributed by atoms with Gasteiger partial charge in [0.1, 0.15) is 5.69 Å². The van der Waals surface area contributed by atoms with E-state index in [1.807, 2.05) is 26.8 Å². The van der Waals surface area contributed by atoms with Gasteiger partial charge in [-0.25, -0.2) is 0 Å². The SMILES string of the molecule is Cc1cccnc1C(=O)NC(C)(C)CN. The van der Waals surface area contributed by atoms with Gasteiger partial charge in [-0.1, -0.05) is 6.07 Å². The number of rotatable bonds is 3. The Morgan fingerprint density at radius 1 is 1.60 bits per heavy atom. The Kier molecular flexibility index (Phi) is 3.42. The average molecular weight is 207 g/mol. The summed E-state index contributed by atoms with van der Waals surface area (Å²) in [6, 6.07) is 3.66. The van der Waals surface area contributed by atoms with Crippen LogP contribution < -0.4 is 11.1 Å². The van der Waals surface area contributed by atoms with Gasteiger partial charge < -0.3 is 11.1 Å². The van der Waals surface area contributed by atoms with Crippen molar-refractivity contribution in [1.29, 1.82) is 0 Å². The lowest BCUT2D eigenvalue weighted by Gasteiger charge is -2.24. The molecule has 0 aromatic carbocycles. The highest BCUT2D eigenvalue weighted by atomic mass is 16.2. The number of aromatic nitrogens is 1. The van der Waals surface area contributed by atoms with Gasteiger partial charge in [0.15, 0.2) is 0 Å². The first-order valence-electron chi connectivity index (χ1n) is 4.90. The highest BCUT2D eigenvalue weighted by Gasteiger charge is 2.20. The van der Waals surface area contributed by atoms with E-state index in [1.54, 1.807) is 12.3 Å². The smallest absolute Gasteiger partial charge is 0.270 e. The lowest BCUT2D eigenvalue weighted by molar-refractivity contribution is 0.0910. The van der Waals surface area contributed by atoms with Crippen molar-refractivity contribution in [1.82, 2.24) is 10.3 Å². The van der Waals surface area contributed by atoms with Crippen LogP contribution in [0.3, 0.4) is 0 Å². The van der Waals surface area contributed by atoms with Crippen LogP contribution in [0.4, 0.5) is 0 Å². The molecule has 1 amide bonds. The van der Waals surface area contributed by atoms with E-state index in [2.05, 4.69) is 10.3 Å². The van der Waals surface area contributed by atoms with Crippen LogP contribution in [0.2, 0.25) is 0 Å². The molecule has 0 aliphatic heterocycles. The van der Waals surface area contributed by atoms with Crippen LogP contribution in [0.25, 0.3) is 0 Å². The van der Waals surface area contributed by atoms with E-state index < -0.39 is 5.54 Å². The predicted molar refractivity (Wildman–Crippen MR) is 59.6 cm³/mol. The molecule has 1 aromatic heterocycles. The van der Waals surface area contributed by atoms with Gasteiger partial charge in [-0.2, -0.15) is 0 Å². The molecule has 0 unspecified atom stereocenters. The third-order valence-corrected chi connectivity index (χ3v) is 2.19. The molecule has 0 spiro atoms. The Labute approximate surface area is 89.9 Å². The van der Waals surface area contributed by atoms with Crippen LogP contribution in [0.1, 0.15) is 29.9 Å². The standard InChI is InChI=1S/C11H17N3O/c1-8-5-4-6-13-9(8)10(15)14-11(2,3)7-12/h4-6H,7,12H2,1-3H3,(H,14,15). The number of nitrogens with zero attached hydrogens (tertiary/aromatic N) is 1. The summed E-state index contributed by atoms with van der Waals surface area (Å²) in [7, 11) is 0. The zero-order valence-corrected chi connectivity index (χ0v) is 9.37. The number of nitrogens with two attached hydrogens (primary N) is 1. The van der Waals surface area contributed by atoms with Gasteiger partial charge in [-0.05, 0) is 32.4 Å². The van der Waals surface area contributed by atoms with E-state index >= 15 is 0 Å². The van der Waals surface area contributed by atoms with Gasteiger partial charge in [0.25, 0.3) is 5.91 Å². The Bertz CT molecular complexity index is 361. The molecular weight excluding hydrogens is 190 g/mol. The minimum atomic E-state index is -0.402. The molecular formula is C11H17N3O. The van der Waals surface area contributed by atoms with Gasteiger partial charge >= 0.3 is 0 Å². The first kappa shape index (κ1) is 11.7. The molecule has 0 saturated carbocycles. The van der Waals surface area contributed by atoms with E-state index in [9.17, 15) is 4.79 Å². The summed E-state index contributed by atoms with van der Waals surface area (Å²) in [6.45, 7) is 6.01. The van der Waals surface area contributed by atoms with E-state index in [4.69, 9.17) is 5.73 Å². The fraction of sp³-hybridized carbons (Fsp3) is 0.455. The van der Waals surface area contributed by atoms with Crippen molar-refractivity contribution in [3.05, 3.63) is 29.6 Å². The Morgan fingerprint density at radius 3 is 2.80 bits per heavy atom. The Morgan fingerprint density at radius 2 is 2.27 bits per heavy atom. The fourth-order valence-electron chi connectivity index (χ4n) is 1.14. The minimum absolute atomic E-state index is 0.177. The summed E-state index contributed by atoms with van der Waals surface area (Å²) in [5, 5.41) is 2.84. The summed E-state index contributed by atoms with van der Waals surface area (Å²) in [6.07, 6.45) is 1.61. The van der Waals surface area contributed by atoms with Crippen molar-refractivity contribution in [2.45, 2.75) is 26.3 Å². The number of pyridine rings is 1. The minimum Gasteiger partial charge on any atom is -0.345 e. The van der Waals surface area contributed by atoms with Gasteiger partial charge in [0.05, 0.1) is 0 Å². The van der Waals surface area contributed by atoms with Crippen molar-refractivity contribution in [3.8, 4) is 0 Å². The van der Waals surface area contributed by atoms with Crippen LogP contribution >= 0.6 is 0 Å². The number of amides is 1. The molecule has 15 heavy (non-hydrogen) atoms. The van der Waals surface area contributed by atoms with Gasteiger partial charge in [0, 0.05) is 18.3 Å². The van der Waals surface area contributed by atoms with Crippen LogP contribution in [0.15, 0.2) is 18.3 Å². The largest absolute Gasteiger partial charge is 0.345 e. The predicted octanol–water partition coefficient (Wildman–Crippen LogP) is 0.857. The summed E-state index contributed by atoms with van der Waals surface area (Å²) in [5.74, 6) is -0.177. The molecule has 0 fully saturated rings. The second-order valence-electron chi connectivity index (χ2n) is 4.21. The normalized spacial score (nSPS) is 11.2. The number of carbonyl (C=O) groups is 1. The van der Waals surface area contributed by atoms with Crippen LogP contribution in [-0.2, 0) is 0 Å². The molecule has 0 bridgehead atoms. The number of nitrogens with one attached hydrogen (secondary N) is 1. The number of carbonyl (C=O) groups excluding carboxylic acids is 1. The van der Waals surface area contributed by atoms with E-state index in [1.165, 1.54) is 0 Å². The molecule has 4 heteroatoms. The first-order valence-corrected chi connectivity index (χ1v) is 4.90. The van der Waals surface area contributed by atoms with Gasteiger partial charge in [0.2, 0.25) is 0 Å². The first-order chi connectivity index (χ1) is 6.96. The molecule has 1 rings (SSSR count). The highest BCUT2D eigenvalue weighted by molar-refractivity contribution is 5.94. The van der Waals surface area contributed by atoms with Gasteiger partial charge in [-0.3, -0.25) is 9.78 Å². The van der Waals surface area contributed by atoms with Gasteiger partial charge in [-0.15, -0.1) is 0 Å². The second-order valence-corrected chi connectivity index (χ2v) is 4.21. The third-order valence-electron chi connectivity index (χ3n) is 2.19.